The Kier molecular flexibility index (Phi) is 7.65. The molecule has 7 nitrogen and oxygen atoms in total. The number of benzene rings is 2. The molecule has 0 saturated heterocycles. The minimum Gasteiger partial charge on any atom is -0.506 e. The highest BCUT2D eigenvalue weighted by Crippen LogP contribution is 2.41. The van der Waals surface area contributed by atoms with Gasteiger partial charge in [0.05, 0.1) is 29.2 Å². The Hall–Kier alpha value is -2.75. The van der Waals surface area contributed by atoms with E-state index in [1.807, 2.05) is 0 Å². The second-order valence-corrected chi connectivity index (χ2v) is 8.59. The van der Waals surface area contributed by atoms with Crippen LogP contribution >= 0.6 is 39.3 Å². The number of carbonyl (C=O) groups is 2. The first kappa shape index (κ1) is 23.9. The average molecular weight is 539 g/mol. The predicted molar refractivity (Wildman–Crippen MR) is 127 cm³/mol. The van der Waals surface area contributed by atoms with Crippen molar-refractivity contribution in [1.29, 1.82) is 0 Å². The molecule has 2 N–H and O–H groups in total. The quantitative estimate of drug-likeness (QED) is 0.483. The van der Waals surface area contributed by atoms with Crippen LogP contribution in [0.1, 0.15) is 22.8 Å². The zero-order valence-corrected chi connectivity index (χ0v) is 20.0. The maximum absolute atomic E-state index is 12.7. The summed E-state index contributed by atoms with van der Waals surface area (Å²) in [7, 11) is 1.41. The Bertz CT molecular complexity index is 1190. The lowest BCUT2D eigenvalue weighted by molar-refractivity contribution is -0.138. The number of aromatic hydroxyl groups is 1. The van der Waals surface area contributed by atoms with Crippen molar-refractivity contribution in [2.24, 2.45) is 4.99 Å². The number of aliphatic hydroxyl groups excluding tert-OH is 1. The van der Waals surface area contributed by atoms with Gasteiger partial charge in [0.2, 0.25) is 0 Å². The standard InChI is InChI=1S/C22H17BrClNO6S/c1-3-31-22(29)18-19(27)17(9-11-8-16(30-2)15(26)10-13(11)23)32-21(18)25-20(28)12-6-4-5-7-14(12)24/h4-10,26-27H,3H2,1-2H3/b17-9-,25-21?. The minimum atomic E-state index is -0.811. The van der Waals surface area contributed by atoms with Crippen LogP contribution in [0.5, 0.6) is 11.5 Å². The van der Waals surface area contributed by atoms with Gasteiger partial charge in [0.1, 0.15) is 16.4 Å². The molecule has 0 spiro atoms. The second kappa shape index (κ2) is 10.2. The van der Waals surface area contributed by atoms with Crippen LogP contribution in [0.25, 0.3) is 6.08 Å². The van der Waals surface area contributed by atoms with E-state index in [-0.39, 0.29) is 50.0 Å². The van der Waals surface area contributed by atoms with Gasteiger partial charge in [-0.05, 0) is 42.8 Å². The van der Waals surface area contributed by atoms with Crippen molar-refractivity contribution in [3.8, 4) is 11.5 Å². The van der Waals surface area contributed by atoms with Crippen molar-refractivity contribution in [3.63, 3.8) is 0 Å². The summed E-state index contributed by atoms with van der Waals surface area (Å²) >= 11 is 10.3. The zero-order chi connectivity index (χ0) is 23.4. The molecule has 0 aromatic heterocycles. The van der Waals surface area contributed by atoms with Crippen molar-refractivity contribution < 1.29 is 29.3 Å². The smallest absolute Gasteiger partial charge is 0.344 e. The summed E-state index contributed by atoms with van der Waals surface area (Å²) in [6.07, 6.45) is 1.56. The molecule has 0 fully saturated rings. The van der Waals surface area contributed by atoms with Crippen LogP contribution in [0.2, 0.25) is 5.02 Å². The van der Waals surface area contributed by atoms with Gasteiger partial charge in [0, 0.05) is 4.47 Å². The molecule has 1 aliphatic heterocycles. The molecule has 10 heteroatoms. The minimum absolute atomic E-state index is 0.0148. The van der Waals surface area contributed by atoms with E-state index < -0.39 is 11.9 Å². The van der Waals surface area contributed by atoms with Crippen LogP contribution in [0.4, 0.5) is 0 Å². The second-order valence-electron chi connectivity index (χ2n) is 6.30. The van der Waals surface area contributed by atoms with Gasteiger partial charge in [-0.1, -0.05) is 51.4 Å². The Morgan fingerprint density at radius 1 is 1.25 bits per heavy atom. The number of thioether (sulfide) groups is 1. The summed E-state index contributed by atoms with van der Waals surface area (Å²) in [6.45, 7) is 1.70. The first-order chi connectivity index (χ1) is 15.3. The molecule has 2 aromatic rings. The molecule has 1 amide bonds. The Balaban J connectivity index is 2.08. The van der Waals surface area contributed by atoms with E-state index in [0.717, 1.165) is 11.8 Å². The fraction of sp³-hybridized carbons (Fsp3) is 0.136. The van der Waals surface area contributed by atoms with Crippen LogP contribution < -0.4 is 4.74 Å². The monoisotopic (exact) mass is 537 g/mol. The fourth-order valence-corrected chi connectivity index (χ4v) is 4.42. The third-order valence-corrected chi connectivity index (χ3v) is 6.30. The van der Waals surface area contributed by atoms with Crippen LogP contribution in [-0.2, 0) is 9.53 Å². The number of nitrogens with zero attached hydrogens (tertiary/aromatic N) is 1. The van der Waals surface area contributed by atoms with E-state index in [1.165, 1.54) is 19.2 Å². The number of aliphatic hydroxyl groups is 1. The molecule has 0 bridgehead atoms. The number of halogens is 2. The maximum atomic E-state index is 12.7. The largest absolute Gasteiger partial charge is 0.506 e. The van der Waals surface area contributed by atoms with E-state index in [4.69, 9.17) is 21.1 Å². The number of amides is 1. The Labute approximate surface area is 201 Å². The van der Waals surface area contributed by atoms with Crippen LogP contribution in [-0.4, -0.2) is 40.8 Å². The summed E-state index contributed by atoms with van der Waals surface area (Å²) in [5.41, 5.74) is 0.495. The number of aliphatic imine (C=N–C) groups is 1. The van der Waals surface area contributed by atoms with Gasteiger partial charge in [-0.2, -0.15) is 0 Å². The van der Waals surface area contributed by atoms with E-state index >= 15 is 0 Å². The number of hydrogen-bond acceptors (Lipinski definition) is 7. The van der Waals surface area contributed by atoms with Gasteiger partial charge in [-0.25, -0.2) is 9.79 Å². The van der Waals surface area contributed by atoms with Crippen LogP contribution in [0, 0.1) is 0 Å². The van der Waals surface area contributed by atoms with Gasteiger partial charge < -0.3 is 19.7 Å². The van der Waals surface area contributed by atoms with Crippen molar-refractivity contribution in [1.82, 2.24) is 0 Å². The summed E-state index contributed by atoms with van der Waals surface area (Å²) in [5.74, 6) is -1.70. The zero-order valence-electron chi connectivity index (χ0n) is 16.9. The summed E-state index contributed by atoms with van der Waals surface area (Å²) < 4.78 is 10.7. The number of methoxy groups -OCH3 is 1. The number of esters is 1. The third kappa shape index (κ3) is 5.01. The topological polar surface area (TPSA) is 105 Å². The number of rotatable bonds is 5. The van der Waals surface area contributed by atoms with Crippen molar-refractivity contribution >= 4 is 62.3 Å². The maximum Gasteiger partial charge on any atom is 0.344 e. The molecule has 3 rings (SSSR count). The molecule has 0 unspecified atom stereocenters. The third-order valence-electron chi connectivity index (χ3n) is 4.26. The lowest BCUT2D eigenvalue weighted by atomic mass is 10.1. The van der Waals surface area contributed by atoms with Crippen molar-refractivity contribution in [3.05, 3.63) is 73.3 Å². The number of hydrogen-bond donors (Lipinski definition) is 2. The number of ether oxygens (including phenoxy) is 2. The number of phenols is 1. The van der Waals surface area contributed by atoms with E-state index in [0.29, 0.717) is 10.0 Å². The first-order valence-electron chi connectivity index (χ1n) is 9.21. The van der Waals surface area contributed by atoms with E-state index in [1.54, 1.807) is 37.3 Å². The predicted octanol–water partition coefficient (Wildman–Crippen LogP) is 5.52. The SMILES string of the molecule is CCOC(=O)C1=C(O)/C(=C/c2cc(OC)c(O)cc2Br)SC1=NC(=O)c1ccccc1Cl. The molecule has 0 aliphatic carbocycles. The normalized spacial score (nSPS) is 16.0. The molecule has 0 saturated carbocycles. The summed E-state index contributed by atoms with van der Waals surface area (Å²) in [6, 6.07) is 9.37. The van der Waals surface area contributed by atoms with Crippen LogP contribution in [0.15, 0.2) is 62.1 Å². The lowest BCUT2D eigenvalue weighted by Gasteiger charge is -2.07. The molecule has 2 aromatic carbocycles. The Morgan fingerprint density at radius 2 is 1.97 bits per heavy atom. The van der Waals surface area contributed by atoms with Crippen molar-refractivity contribution in [2.45, 2.75) is 6.92 Å². The van der Waals surface area contributed by atoms with Crippen LogP contribution in [0.3, 0.4) is 0 Å². The van der Waals surface area contributed by atoms with E-state index in [2.05, 4.69) is 20.9 Å². The first-order valence-corrected chi connectivity index (χ1v) is 11.2. The van der Waals surface area contributed by atoms with Gasteiger partial charge in [-0.3, -0.25) is 4.79 Å². The van der Waals surface area contributed by atoms with E-state index in [9.17, 15) is 19.8 Å². The van der Waals surface area contributed by atoms with Gasteiger partial charge >= 0.3 is 5.97 Å². The summed E-state index contributed by atoms with van der Waals surface area (Å²) in [5, 5.41) is 20.9. The highest BCUT2D eigenvalue weighted by molar-refractivity contribution is 9.10. The average Bonchev–Trinajstić information content (AvgIpc) is 3.05. The highest BCUT2D eigenvalue weighted by Gasteiger charge is 2.34. The molecule has 166 valence electrons. The fourth-order valence-electron chi connectivity index (χ4n) is 2.75. The molecular formula is C22H17BrClNO6S. The lowest BCUT2D eigenvalue weighted by Crippen LogP contribution is -2.14. The highest BCUT2D eigenvalue weighted by atomic mass is 79.9. The summed E-state index contributed by atoms with van der Waals surface area (Å²) in [4.78, 5) is 29.5. The molecule has 0 atom stereocenters. The Morgan fingerprint density at radius 3 is 2.62 bits per heavy atom. The molecule has 1 heterocycles. The van der Waals surface area contributed by atoms with Crippen molar-refractivity contribution in [2.75, 3.05) is 13.7 Å². The number of carbonyl (C=O) groups excluding carboxylic acids is 2. The molecule has 32 heavy (non-hydrogen) atoms. The number of phenolic OH excluding ortho intramolecular Hbond substituents is 1. The molecule has 1 aliphatic rings. The van der Waals surface area contributed by atoms with Gasteiger partial charge in [0.15, 0.2) is 11.5 Å². The van der Waals surface area contributed by atoms with Gasteiger partial charge in [0.25, 0.3) is 5.91 Å². The molecule has 0 radical (unpaired) electrons. The molecular weight excluding hydrogens is 522 g/mol. The van der Waals surface area contributed by atoms with Gasteiger partial charge in [-0.15, -0.1) is 0 Å².